The van der Waals surface area contributed by atoms with Crippen molar-refractivity contribution in [3.8, 4) is 0 Å². The molecule has 2 nitrogen and oxygen atoms in total. The highest BCUT2D eigenvalue weighted by Crippen LogP contribution is 2.49. The van der Waals surface area contributed by atoms with Crippen molar-refractivity contribution in [2.24, 2.45) is 0 Å². The molecule has 0 heterocycles. The van der Waals surface area contributed by atoms with E-state index in [-0.39, 0.29) is 5.41 Å². The lowest BCUT2D eigenvalue weighted by atomic mass is 9.94. The molecule has 0 atom stereocenters. The van der Waals surface area contributed by atoms with Crippen molar-refractivity contribution < 1.29 is 0 Å². The van der Waals surface area contributed by atoms with Crippen molar-refractivity contribution in [2.75, 3.05) is 13.1 Å². The van der Waals surface area contributed by atoms with Gasteiger partial charge in [-0.3, -0.25) is 5.41 Å². The molecule has 0 amide bonds. The minimum atomic E-state index is 0.0350. The molecule has 0 radical (unpaired) electrons. The first-order chi connectivity index (χ1) is 7.74. The van der Waals surface area contributed by atoms with Crippen LogP contribution in [0.3, 0.4) is 0 Å². The third-order valence-corrected chi connectivity index (χ3v) is 3.61. The van der Waals surface area contributed by atoms with Gasteiger partial charge in [0.1, 0.15) is 5.84 Å². The zero-order valence-corrected chi connectivity index (χ0v) is 10.2. The molecule has 0 aliphatic heterocycles. The Hall–Kier alpha value is -1.31. The van der Waals surface area contributed by atoms with Gasteiger partial charge in [-0.05, 0) is 32.3 Å². The van der Waals surface area contributed by atoms with Crippen molar-refractivity contribution >= 4 is 5.84 Å². The minimum absolute atomic E-state index is 0.0350. The number of likely N-dealkylation sites (N-methyl/N-ethyl adjacent to an activating group) is 1. The molecule has 2 rings (SSSR count). The molecule has 1 saturated carbocycles. The molecule has 0 spiro atoms. The van der Waals surface area contributed by atoms with Crippen LogP contribution in [0, 0.1) is 5.41 Å². The number of amidine groups is 1. The number of nitrogens with zero attached hydrogens (tertiary/aromatic N) is 1. The Balaban J connectivity index is 2.24. The topological polar surface area (TPSA) is 27.1 Å². The fourth-order valence-corrected chi connectivity index (χ4v) is 2.39. The van der Waals surface area contributed by atoms with Crippen molar-refractivity contribution in [1.29, 1.82) is 5.41 Å². The van der Waals surface area contributed by atoms with Crippen molar-refractivity contribution in [1.82, 2.24) is 4.90 Å². The molecule has 1 aliphatic rings. The van der Waals surface area contributed by atoms with E-state index in [4.69, 9.17) is 5.41 Å². The second kappa shape index (κ2) is 4.28. The van der Waals surface area contributed by atoms with Crippen LogP contribution in [0.4, 0.5) is 0 Å². The smallest absolute Gasteiger partial charge is 0.107 e. The van der Waals surface area contributed by atoms with Crippen LogP contribution < -0.4 is 0 Å². The Morgan fingerprint density at radius 3 is 2.19 bits per heavy atom. The molecule has 0 aromatic heterocycles. The van der Waals surface area contributed by atoms with Gasteiger partial charge in [-0.15, -0.1) is 0 Å². The normalized spacial score (nSPS) is 16.9. The predicted molar refractivity (Wildman–Crippen MR) is 68.0 cm³/mol. The lowest BCUT2D eigenvalue weighted by Crippen LogP contribution is -2.38. The highest BCUT2D eigenvalue weighted by atomic mass is 15.2. The van der Waals surface area contributed by atoms with E-state index < -0.39 is 0 Å². The molecule has 1 aliphatic carbocycles. The van der Waals surface area contributed by atoms with Crippen LogP contribution in [0.5, 0.6) is 0 Å². The minimum Gasteiger partial charge on any atom is -0.360 e. The second-order valence-corrected chi connectivity index (χ2v) is 4.47. The molecule has 0 saturated heterocycles. The van der Waals surface area contributed by atoms with E-state index in [0.717, 1.165) is 31.8 Å². The molecule has 16 heavy (non-hydrogen) atoms. The summed E-state index contributed by atoms with van der Waals surface area (Å²) in [4.78, 5) is 2.17. The average molecular weight is 216 g/mol. The first kappa shape index (κ1) is 11.2. The predicted octanol–water partition coefficient (Wildman–Crippen LogP) is 3.04. The van der Waals surface area contributed by atoms with Crippen molar-refractivity contribution in [3.05, 3.63) is 35.9 Å². The van der Waals surface area contributed by atoms with Crippen molar-refractivity contribution in [3.63, 3.8) is 0 Å². The van der Waals surface area contributed by atoms with E-state index in [1.54, 1.807) is 0 Å². The molecule has 1 N–H and O–H groups in total. The number of rotatable bonds is 4. The Morgan fingerprint density at radius 2 is 1.75 bits per heavy atom. The monoisotopic (exact) mass is 216 g/mol. The number of benzene rings is 1. The maximum Gasteiger partial charge on any atom is 0.107 e. The van der Waals surface area contributed by atoms with Gasteiger partial charge in [-0.25, -0.2) is 0 Å². The summed E-state index contributed by atoms with van der Waals surface area (Å²) >= 11 is 0. The van der Waals surface area contributed by atoms with Crippen LogP contribution in [0.15, 0.2) is 30.3 Å². The second-order valence-electron chi connectivity index (χ2n) is 4.47. The van der Waals surface area contributed by atoms with E-state index in [2.05, 4.69) is 43.0 Å². The Kier molecular flexibility index (Phi) is 2.99. The first-order valence-corrected chi connectivity index (χ1v) is 6.14. The summed E-state index contributed by atoms with van der Waals surface area (Å²) in [5.74, 6) is 0.809. The molecular weight excluding hydrogens is 196 g/mol. The summed E-state index contributed by atoms with van der Waals surface area (Å²) in [6.07, 6.45) is 2.26. The van der Waals surface area contributed by atoms with Gasteiger partial charge >= 0.3 is 0 Å². The summed E-state index contributed by atoms with van der Waals surface area (Å²) in [5.41, 5.74) is 1.35. The Labute approximate surface area is 97.8 Å². The molecular formula is C14H20N2. The maximum absolute atomic E-state index is 8.37. The number of nitrogens with one attached hydrogen (secondary N) is 1. The van der Waals surface area contributed by atoms with Crippen LogP contribution in [0.2, 0.25) is 0 Å². The summed E-state index contributed by atoms with van der Waals surface area (Å²) in [7, 11) is 0. The zero-order valence-electron chi connectivity index (χ0n) is 10.2. The van der Waals surface area contributed by atoms with Crippen LogP contribution in [-0.2, 0) is 5.41 Å². The summed E-state index contributed by atoms with van der Waals surface area (Å²) < 4.78 is 0. The standard InChI is InChI=1S/C14H20N2/c1-3-16(4-2)13(15)14(10-11-14)12-8-6-5-7-9-12/h5-9,15H,3-4,10-11H2,1-2H3. The Morgan fingerprint density at radius 1 is 1.19 bits per heavy atom. The summed E-state index contributed by atoms with van der Waals surface area (Å²) in [6.45, 7) is 6.12. The number of hydrogen-bond acceptors (Lipinski definition) is 1. The van der Waals surface area contributed by atoms with E-state index in [1.807, 2.05) is 6.07 Å². The lowest BCUT2D eigenvalue weighted by Gasteiger charge is -2.28. The molecule has 1 aromatic rings. The van der Waals surface area contributed by atoms with E-state index in [1.165, 1.54) is 5.56 Å². The SMILES string of the molecule is CCN(CC)C(=N)C1(c2ccccc2)CC1. The fourth-order valence-electron chi connectivity index (χ4n) is 2.39. The Bertz CT molecular complexity index is 362. The fraction of sp³-hybridized carbons (Fsp3) is 0.500. The van der Waals surface area contributed by atoms with Crippen LogP contribution in [-0.4, -0.2) is 23.8 Å². The van der Waals surface area contributed by atoms with Crippen LogP contribution in [0.25, 0.3) is 0 Å². The molecule has 0 bridgehead atoms. The van der Waals surface area contributed by atoms with E-state index in [0.29, 0.717) is 0 Å². The van der Waals surface area contributed by atoms with Gasteiger partial charge in [-0.1, -0.05) is 30.3 Å². The zero-order chi connectivity index (χ0) is 11.6. The van der Waals surface area contributed by atoms with Gasteiger partial charge in [0.15, 0.2) is 0 Å². The largest absolute Gasteiger partial charge is 0.360 e. The van der Waals surface area contributed by atoms with E-state index >= 15 is 0 Å². The maximum atomic E-state index is 8.37. The lowest BCUT2D eigenvalue weighted by molar-refractivity contribution is 0.441. The number of hydrogen-bond donors (Lipinski definition) is 1. The molecule has 0 unspecified atom stereocenters. The highest BCUT2D eigenvalue weighted by Gasteiger charge is 2.49. The first-order valence-electron chi connectivity index (χ1n) is 6.14. The van der Waals surface area contributed by atoms with Crippen LogP contribution >= 0.6 is 0 Å². The van der Waals surface area contributed by atoms with Gasteiger partial charge < -0.3 is 4.90 Å². The molecule has 86 valence electrons. The molecule has 1 aromatic carbocycles. The quantitative estimate of drug-likeness (QED) is 0.608. The third-order valence-electron chi connectivity index (χ3n) is 3.61. The van der Waals surface area contributed by atoms with Gasteiger partial charge in [0.25, 0.3) is 0 Å². The van der Waals surface area contributed by atoms with E-state index in [9.17, 15) is 0 Å². The third kappa shape index (κ3) is 1.73. The molecule has 1 fully saturated rings. The van der Waals surface area contributed by atoms with Gasteiger partial charge in [0.05, 0.1) is 5.41 Å². The van der Waals surface area contributed by atoms with Crippen LogP contribution in [0.1, 0.15) is 32.3 Å². The molecule has 2 heteroatoms. The van der Waals surface area contributed by atoms with Gasteiger partial charge in [0, 0.05) is 13.1 Å². The van der Waals surface area contributed by atoms with Gasteiger partial charge in [0.2, 0.25) is 0 Å². The summed E-state index contributed by atoms with van der Waals surface area (Å²) in [6, 6.07) is 10.5. The van der Waals surface area contributed by atoms with Gasteiger partial charge in [-0.2, -0.15) is 0 Å². The highest BCUT2D eigenvalue weighted by molar-refractivity contribution is 5.93. The summed E-state index contributed by atoms with van der Waals surface area (Å²) in [5, 5.41) is 8.37. The van der Waals surface area contributed by atoms with Crippen molar-refractivity contribution in [2.45, 2.75) is 32.1 Å². The average Bonchev–Trinajstić information content (AvgIpc) is 3.13.